The Labute approximate surface area is 133 Å². The van der Waals surface area contributed by atoms with Crippen LogP contribution in [0.15, 0.2) is 42.5 Å². The maximum Gasteiger partial charge on any atom is 0.248 e. The molecular formula is C18H16FN3O. The number of aryl methyl sites for hydroxylation is 2. The summed E-state index contributed by atoms with van der Waals surface area (Å²) in [6, 6.07) is 10.3. The molecule has 116 valence electrons. The highest BCUT2D eigenvalue weighted by molar-refractivity contribution is 6.02. The summed E-state index contributed by atoms with van der Waals surface area (Å²) < 4.78 is 13.2. The summed E-state index contributed by atoms with van der Waals surface area (Å²) in [4.78, 5) is 11.9. The number of benzene rings is 2. The molecule has 0 saturated carbocycles. The van der Waals surface area contributed by atoms with Gasteiger partial charge in [-0.3, -0.25) is 9.89 Å². The van der Waals surface area contributed by atoms with Crippen LogP contribution in [0.3, 0.4) is 0 Å². The topological polar surface area (TPSA) is 57.8 Å². The molecule has 1 aromatic heterocycles. The zero-order chi connectivity index (χ0) is 16.4. The molecule has 1 amide bonds. The van der Waals surface area contributed by atoms with E-state index in [2.05, 4.69) is 15.5 Å². The molecule has 3 rings (SSSR count). The molecule has 0 fully saturated rings. The molecule has 0 aliphatic carbocycles. The molecule has 0 spiro atoms. The van der Waals surface area contributed by atoms with Crippen molar-refractivity contribution in [3.05, 3.63) is 65.1 Å². The van der Waals surface area contributed by atoms with Crippen LogP contribution in [-0.2, 0) is 4.79 Å². The van der Waals surface area contributed by atoms with Gasteiger partial charge >= 0.3 is 0 Å². The van der Waals surface area contributed by atoms with Crippen molar-refractivity contribution in [2.75, 3.05) is 5.32 Å². The number of aromatic amines is 1. The first-order valence-electron chi connectivity index (χ1n) is 7.23. The van der Waals surface area contributed by atoms with Gasteiger partial charge in [0.1, 0.15) is 5.82 Å². The molecule has 0 radical (unpaired) electrons. The quantitative estimate of drug-likeness (QED) is 0.719. The predicted molar refractivity (Wildman–Crippen MR) is 89.6 cm³/mol. The van der Waals surface area contributed by atoms with Crippen LogP contribution in [0.4, 0.5) is 10.1 Å². The number of halogens is 1. The smallest absolute Gasteiger partial charge is 0.248 e. The van der Waals surface area contributed by atoms with Gasteiger partial charge in [0.2, 0.25) is 5.91 Å². The van der Waals surface area contributed by atoms with Gasteiger partial charge in [0.25, 0.3) is 0 Å². The first-order valence-corrected chi connectivity index (χ1v) is 7.23. The van der Waals surface area contributed by atoms with Gasteiger partial charge in [-0.2, -0.15) is 5.10 Å². The average Bonchev–Trinajstić information content (AvgIpc) is 2.90. The van der Waals surface area contributed by atoms with Crippen LogP contribution < -0.4 is 5.32 Å². The second kappa shape index (κ2) is 6.04. The number of H-pyrrole nitrogens is 1. The SMILES string of the molecule is Cc1cc(NC(=O)/C=C/c2ccc3c(C)n[nH]c3c2)ccc1F. The lowest BCUT2D eigenvalue weighted by Gasteiger charge is -2.04. The maximum atomic E-state index is 13.2. The van der Waals surface area contributed by atoms with Gasteiger partial charge in [0.05, 0.1) is 11.2 Å². The van der Waals surface area contributed by atoms with Gasteiger partial charge in [0, 0.05) is 17.1 Å². The number of rotatable bonds is 3. The number of carbonyl (C=O) groups excluding carboxylic acids is 1. The van der Waals surface area contributed by atoms with E-state index in [0.717, 1.165) is 22.2 Å². The van der Waals surface area contributed by atoms with Crippen molar-refractivity contribution in [1.82, 2.24) is 10.2 Å². The molecule has 0 bridgehead atoms. The summed E-state index contributed by atoms with van der Waals surface area (Å²) >= 11 is 0. The van der Waals surface area contributed by atoms with Crippen molar-refractivity contribution in [2.24, 2.45) is 0 Å². The summed E-state index contributed by atoms with van der Waals surface area (Å²) in [5.74, 6) is -0.557. The van der Waals surface area contributed by atoms with Crippen LogP contribution in [0.2, 0.25) is 0 Å². The van der Waals surface area contributed by atoms with E-state index < -0.39 is 0 Å². The lowest BCUT2D eigenvalue weighted by molar-refractivity contribution is -0.111. The molecule has 0 saturated heterocycles. The predicted octanol–water partition coefficient (Wildman–Crippen LogP) is 3.97. The van der Waals surface area contributed by atoms with Crippen molar-refractivity contribution >= 4 is 28.6 Å². The summed E-state index contributed by atoms with van der Waals surface area (Å²) in [6.45, 7) is 3.59. The molecular weight excluding hydrogens is 293 g/mol. The summed E-state index contributed by atoms with van der Waals surface area (Å²) in [5.41, 5.74) is 3.83. The van der Waals surface area contributed by atoms with Crippen LogP contribution in [0.1, 0.15) is 16.8 Å². The number of hydrogen-bond donors (Lipinski definition) is 2. The van der Waals surface area contributed by atoms with Crippen molar-refractivity contribution in [2.45, 2.75) is 13.8 Å². The second-order valence-electron chi connectivity index (χ2n) is 5.40. The van der Waals surface area contributed by atoms with E-state index >= 15 is 0 Å². The van der Waals surface area contributed by atoms with E-state index in [0.29, 0.717) is 11.3 Å². The number of hydrogen-bond acceptors (Lipinski definition) is 2. The maximum absolute atomic E-state index is 13.2. The van der Waals surface area contributed by atoms with Crippen molar-refractivity contribution in [3.63, 3.8) is 0 Å². The van der Waals surface area contributed by atoms with Crippen LogP contribution in [-0.4, -0.2) is 16.1 Å². The van der Waals surface area contributed by atoms with E-state index in [9.17, 15) is 9.18 Å². The van der Waals surface area contributed by atoms with Crippen LogP contribution in [0, 0.1) is 19.7 Å². The lowest BCUT2D eigenvalue weighted by Crippen LogP contribution is -2.07. The van der Waals surface area contributed by atoms with Gasteiger partial charge in [0.15, 0.2) is 0 Å². The third-order valence-electron chi connectivity index (χ3n) is 3.63. The zero-order valence-corrected chi connectivity index (χ0v) is 12.9. The van der Waals surface area contributed by atoms with E-state index in [4.69, 9.17) is 0 Å². The van der Waals surface area contributed by atoms with Gasteiger partial charge in [-0.05, 0) is 55.3 Å². The van der Waals surface area contributed by atoms with Gasteiger partial charge in [-0.1, -0.05) is 12.1 Å². The van der Waals surface area contributed by atoms with Crippen molar-refractivity contribution in [3.8, 4) is 0 Å². The summed E-state index contributed by atoms with van der Waals surface area (Å²) in [6.07, 6.45) is 3.17. The van der Waals surface area contributed by atoms with Crippen LogP contribution in [0.5, 0.6) is 0 Å². The molecule has 3 aromatic rings. The minimum atomic E-state index is -0.290. The van der Waals surface area contributed by atoms with Gasteiger partial charge in [-0.25, -0.2) is 4.39 Å². The van der Waals surface area contributed by atoms with Gasteiger partial charge in [-0.15, -0.1) is 0 Å². The molecule has 1 heterocycles. The minimum absolute atomic E-state index is 0.267. The zero-order valence-electron chi connectivity index (χ0n) is 12.9. The average molecular weight is 309 g/mol. The Morgan fingerprint density at radius 3 is 2.83 bits per heavy atom. The molecule has 4 nitrogen and oxygen atoms in total. The fourth-order valence-corrected chi connectivity index (χ4v) is 2.36. The number of amides is 1. The first kappa shape index (κ1) is 15.0. The molecule has 2 aromatic carbocycles. The molecule has 23 heavy (non-hydrogen) atoms. The molecule has 2 N–H and O–H groups in total. The van der Waals surface area contributed by atoms with E-state index in [1.807, 2.05) is 25.1 Å². The van der Waals surface area contributed by atoms with Crippen molar-refractivity contribution in [1.29, 1.82) is 0 Å². The third-order valence-corrected chi connectivity index (χ3v) is 3.63. The fraction of sp³-hybridized carbons (Fsp3) is 0.111. The fourth-order valence-electron chi connectivity index (χ4n) is 2.36. The summed E-state index contributed by atoms with van der Waals surface area (Å²) in [7, 11) is 0. The normalized spacial score (nSPS) is 11.3. The van der Waals surface area contributed by atoms with E-state index in [-0.39, 0.29) is 11.7 Å². The monoisotopic (exact) mass is 309 g/mol. The van der Waals surface area contributed by atoms with Gasteiger partial charge < -0.3 is 5.32 Å². The molecule has 5 heteroatoms. The largest absolute Gasteiger partial charge is 0.323 e. The molecule has 0 aliphatic rings. The number of nitrogens with zero attached hydrogens (tertiary/aromatic N) is 1. The standard InChI is InChI=1S/C18H16FN3O/c1-11-9-14(5-7-16(11)19)20-18(23)8-4-13-3-6-15-12(2)21-22-17(15)10-13/h3-10H,1-2H3,(H,20,23)(H,21,22)/b8-4+. The highest BCUT2D eigenvalue weighted by atomic mass is 19.1. The Kier molecular flexibility index (Phi) is 3.93. The highest BCUT2D eigenvalue weighted by Gasteiger charge is 2.03. The molecule has 0 atom stereocenters. The number of aromatic nitrogens is 2. The Bertz CT molecular complexity index is 912. The minimum Gasteiger partial charge on any atom is -0.323 e. The lowest BCUT2D eigenvalue weighted by atomic mass is 10.1. The second-order valence-corrected chi connectivity index (χ2v) is 5.40. The molecule has 0 aliphatic heterocycles. The summed E-state index contributed by atoms with van der Waals surface area (Å²) in [5, 5.41) is 10.9. The van der Waals surface area contributed by atoms with E-state index in [1.165, 1.54) is 18.2 Å². The van der Waals surface area contributed by atoms with Crippen LogP contribution >= 0.6 is 0 Å². The molecule has 0 unspecified atom stereocenters. The third kappa shape index (κ3) is 3.29. The van der Waals surface area contributed by atoms with Crippen LogP contribution in [0.25, 0.3) is 17.0 Å². The first-order chi connectivity index (χ1) is 11.0. The highest BCUT2D eigenvalue weighted by Crippen LogP contribution is 2.18. The Morgan fingerprint density at radius 1 is 1.22 bits per heavy atom. The Morgan fingerprint density at radius 2 is 2.04 bits per heavy atom. The number of fused-ring (bicyclic) bond motifs is 1. The Hall–Kier alpha value is -2.95. The number of anilines is 1. The number of nitrogens with one attached hydrogen (secondary N) is 2. The van der Waals surface area contributed by atoms with E-state index in [1.54, 1.807) is 19.1 Å². The Balaban J connectivity index is 1.72. The van der Waals surface area contributed by atoms with Crippen molar-refractivity contribution < 1.29 is 9.18 Å². The number of carbonyl (C=O) groups is 1.